The van der Waals surface area contributed by atoms with Gasteiger partial charge in [-0.1, -0.05) is 50.5 Å². The second-order valence-electron chi connectivity index (χ2n) is 7.43. The van der Waals surface area contributed by atoms with Crippen LogP contribution in [0.4, 0.5) is 0 Å². The zero-order valence-corrected chi connectivity index (χ0v) is 15.7. The largest absolute Gasteiger partial charge is 0.481 e. The molecule has 0 aliphatic heterocycles. The summed E-state index contributed by atoms with van der Waals surface area (Å²) in [6, 6.07) is 0. The van der Waals surface area contributed by atoms with E-state index in [4.69, 9.17) is 5.11 Å². The Kier molecular flexibility index (Phi) is 9.73. The number of unbranched alkanes of at least 4 members (excludes halogenated alkanes) is 2. The molecule has 0 spiro atoms. The molecule has 4 nitrogen and oxygen atoms in total. The SMILES string of the molecule is CCCCCC(C)(O)C=CC1CCC(=O)C1CCC=CCCC(=O)O. The van der Waals surface area contributed by atoms with E-state index < -0.39 is 11.6 Å². The molecule has 4 heteroatoms. The maximum absolute atomic E-state index is 12.1. The lowest BCUT2D eigenvalue weighted by Gasteiger charge is -2.21. The predicted molar refractivity (Wildman–Crippen MR) is 100 cm³/mol. The molecule has 0 amide bonds. The highest BCUT2D eigenvalue weighted by Crippen LogP contribution is 2.34. The van der Waals surface area contributed by atoms with Crippen LogP contribution in [-0.2, 0) is 9.59 Å². The molecule has 0 radical (unpaired) electrons. The minimum Gasteiger partial charge on any atom is -0.481 e. The predicted octanol–water partition coefficient (Wildman–Crippen LogP) is 4.67. The van der Waals surface area contributed by atoms with Crippen molar-refractivity contribution in [2.45, 2.75) is 83.7 Å². The van der Waals surface area contributed by atoms with Crippen LogP contribution in [-0.4, -0.2) is 27.6 Å². The first-order valence-corrected chi connectivity index (χ1v) is 9.67. The Morgan fingerprint density at radius 3 is 2.68 bits per heavy atom. The van der Waals surface area contributed by atoms with Crippen LogP contribution in [0.15, 0.2) is 24.3 Å². The van der Waals surface area contributed by atoms with E-state index in [9.17, 15) is 14.7 Å². The maximum atomic E-state index is 12.1. The van der Waals surface area contributed by atoms with E-state index >= 15 is 0 Å². The van der Waals surface area contributed by atoms with Crippen molar-refractivity contribution in [3.05, 3.63) is 24.3 Å². The first-order valence-electron chi connectivity index (χ1n) is 9.67. The summed E-state index contributed by atoms with van der Waals surface area (Å²) < 4.78 is 0. The molecule has 0 saturated heterocycles. The molecule has 1 rings (SSSR count). The van der Waals surface area contributed by atoms with Crippen molar-refractivity contribution < 1.29 is 19.8 Å². The minimum atomic E-state index is -0.790. The number of carboxylic acid groups (broad SMARTS) is 1. The van der Waals surface area contributed by atoms with Crippen molar-refractivity contribution in [2.24, 2.45) is 11.8 Å². The normalized spacial score (nSPS) is 23.6. The number of allylic oxidation sites excluding steroid dienone is 3. The van der Waals surface area contributed by atoms with Gasteiger partial charge in [-0.25, -0.2) is 0 Å². The summed E-state index contributed by atoms with van der Waals surface area (Å²) >= 11 is 0. The summed E-state index contributed by atoms with van der Waals surface area (Å²) in [7, 11) is 0. The van der Waals surface area contributed by atoms with Gasteiger partial charge in [-0.15, -0.1) is 0 Å². The summed E-state index contributed by atoms with van der Waals surface area (Å²) in [6.45, 7) is 3.99. The van der Waals surface area contributed by atoms with Gasteiger partial charge in [0.2, 0.25) is 0 Å². The molecule has 1 saturated carbocycles. The van der Waals surface area contributed by atoms with Crippen LogP contribution < -0.4 is 0 Å². The fourth-order valence-electron chi connectivity index (χ4n) is 3.41. The third-order valence-electron chi connectivity index (χ3n) is 4.98. The summed E-state index contributed by atoms with van der Waals surface area (Å²) in [5.41, 5.74) is -0.790. The molecule has 1 fully saturated rings. The molecule has 142 valence electrons. The molecule has 3 unspecified atom stereocenters. The molecular formula is C21H34O4. The molecule has 0 aromatic rings. The van der Waals surface area contributed by atoms with Crippen LogP contribution in [0, 0.1) is 11.8 Å². The molecule has 0 aromatic carbocycles. The topological polar surface area (TPSA) is 74.6 Å². The Labute approximate surface area is 152 Å². The van der Waals surface area contributed by atoms with Gasteiger partial charge < -0.3 is 10.2 Å². The monoisotopic (exact) mass is 350 g/mol. The highest BCUT2D eigenvalue weighted by atomic mass is 16.4. The molecule has 1 aliphatic carbocycles. The Hall–Kier alpha value is -1.42. The summed E-state index contributed by atoms with van der Waals surface area (Å²) in [5, 5.41) is 19.0. The van der Waals surface area contributed by atoms with Gasteiger partial charge in [0, 0.05) is 18.8 Å². The van der Waals surface area contributed by atoms with Crippen LogP contribution >= 0.6 is 0 Å². The van der Waals surface area contributed by atoms with Gasteiger partial charge in [-0.3, -0.25) is 9.59 Å². The number of rotatable bonds is 12. The fraction of sp³-hybridized carbons (Fsp3) is 0.714. The van der Waals surface area contributed by atoms with E-state index in [1.165, 1.54) is 0 Å². The van der Waals surface area contributed by atoms with Crippen molar-refractivity contribution in [3.8, 4) is 0 Å². The van der Waals surface area contributed by atoms with Gasteiger partial charge in [-0.2, -0.15) is 0 Å². The smallest absolute Gasteiger partial charge is 0.303 e. The number of carbonyl (C=O) groups is 2. The maximum Gasteiger partial charge on any atom is 0.303 e. The van der Waals surface area contributed by atoms with Crippen molar-refractivity contribution in [2.75, 3.05) is 0 Å². The number of hydrogen-bond donors (Lipinski definition) is 2. The number of carboxylic acids is 1. The van der Waals surface area contributed by atoms with Crippen LogP contribution in [0.1, 0.15) is 78.1 Å². The Bertz CT molecular complexity index is 476. The van der Waals surface area contributed by atoms with Gasteiger partial charge in [-0.05, 0) is 44.9 Å². The Morgan fingerprint density at radius 1 is 1.28 bits per heavy atom. The van der Waals surface area contributed by atoms with Crippen molar-refractivity contribution in [1.29, 1.82) is 0 Å². The van der Waals surface area contributed by atoms with Gasteiger partial charge in [0.15, 0.2) is 0 Å². The van der Waals surface area contributed by atoms with E-state index in [1.54, 1.807) is 0 Å². The number of ketones is 1. The lowest BCUT2D eigenvalue weighted by Crippen LogP contribution is -2.21. The highest BCUT2D eigenvalue weighted by Gasteiger charge is 2.32. The van der Waals surface area contributed by atoms with Crippen LogP contribution in [0.2, 0.25) is 0 Å². The molecule has 3 atom stereocenters. The highest BCUT2D eigenvalue weighted by molar-refractivity contribution is 5.83. The molecule has 0 bridgehead atoms. The number of aliphatic hydroxyl groups is 1. The second-order valence-corrected chi connectivity index (χ2v) is 7.43. The van der Waals surface area contributed by atoms with E-state index in [-0.39, 0.29) is 18.3 Å². The van der Waals surface area contributed by atoms with Crippen molar-refractivity contribution in [3.63, 3.8) is 0 Å². The molecule has 1 aliphatic rings. The quantitative estimate of drug-likeness (QED) is 0.396. The zero-order valence-electron chi connectivity index (χ0n) is 15.7. The standard InChI is InChI=1S/C21H34O4/c1-3-4-9-15-21(2,25)16-14-17-12-13-19(22)18(17)10-7-5-6-8-11-20(23)24/h5-6,14,16-18,25H,3-4,7-13,15H2,1-2H3,(H,23,24). The number of Topliss-reactive ketones (excluding diaryl/α,β-unsaturated/α-hetero) is 1. The average molecular weight is 350 g/mol. The van der Waals surface area contributed by atoms with Crippen molar-refractivity contribution >= 4 is 11.8 Å². The molecule has 0 heterocycles. The lowest BCUT2D eigenvalue weighted by molar-refractivity contribution is -0.136. The van der Waals surface area contributed by atoms with Crippen LogP contribution in [0.5, 0.6) is 0 Å². The third-order valence-corrected chi connectivity index (χ3v) is 4.98. The van der Waals surface area contributed by atoms with E-state index in [0.29, 0.717) is 18.6 Å². The molecule has 25 heavy (non-hydrogen) atoms. The summed E-state index contributed by atoms with van der Waals surface area (Å²) in [6.07, 6.45) is 15.6. The number of carbonyl (C=O) groups excluding carboxylic acids is 1. The van der Waals surface area contributed by atoms with Gasteiger partial charge >= 0.3 is 5.97 Å². The van der Waals surface area contributed by atoms with Gasteiger partial charge in [0.1, 0.15) is 5.78 Å². The zero-order chi connectivity index (χ0) is 18.7. The number of aliphatic carboxylic acids is 1. The molecular weight excluding hydrogens is 316 g/mol. The first-order chi connectivity index (χ1) is 11.9. The number of hydrogen-bond acceptors (Lipinski definition) is 3. The van der Waals surface area contributed by atoms with Crippen LogP contribution in [0.25, 0.3) is 0 Å². The average Bonchev–Trinajstić information content (AvgIpc) is 2.89. The lowest BCUT2D eigenvalue weighted by atomic mass is 9.88. The molecule has 2 N–H and O–H groups in total. The van der Waals surface area contributed by atoms with Crippen LogP contribution in [0.3, 0.4) is 0 Å². The van der Waals surface area contributed by atoms with E-state index in [0.717, 1.165) is 44.9 Å². The summed E-state index contributed by atoms with van der Waals surface area (Å²) in [5.74, 6) is -0.213. The van der Waals surface area contributed by atoms with Gasteiger partial charge in [0.25, 0.3) is 0 Å². The summed E-state index contributed by atoms with van der Waals surface area (Å²) in [4.78, 5) is 22.6. The fourth-order valence-corrected chi connectivity index (χ4v) is 3.41. The van der Waals surface area contributed by atoms with E-state index in [1.807, 2.05) is 25.2 Å². The van der Waals surface area contributed by atoms with Crippen molar-refractivity contribution in [1.82, 2.24) is 0 Å². The minimum absolute atomic E-state index is 0.0341. The first kappa shape index (κ1) is 21.6. The Morgan fingerprint density at radius 2 is 2.00 bits per heavy atom. The van der Waals surface area contributed by atoms with E-state index in [2.05, 4.69) is 13.0 Å². The molecule has 0 aromatic heterocycles. The third kappa shape index (κ3) is 9.01. The van der Waals surface area contributed by atoms with Gasteiger partial charge in [0.05, 0.1) is 5.60 Å². The Balaban J connectivity index is 2.45. The second kappa shape index (κ2) is 11.2.